The number of benzene rings is 2. The van der Waals surface area contributed by atoms with Crippen LogP contribution in [0.5, 0.6) is 11.5 Å². The van der Waals surface area contributed by atoms with Crippen LogP contribution in [0, 0.1) is 0 Å². The predicted octanol–water partition coefficient (Wildman–Crippen LogP) is 3.73. The van der Waals surface area contributed by atoms with E-state index < -0.39 is 0 Å². The summed E-state index contributed by atoms with van der Waals surface area (Å²) >= 11 is 0. The van der Waals surface area contributed by atoms with Gasteiger partial charge in [0, 0.05) is 0 Å². The summed E-state index contributed by atoms with van der Waals surface area (Å²) in [7, 11) is 0. The van der Waals surface area contributed by atoms with Gasteiger partial charge in [0.05, 0.1) is 12.6 Å². The Balaban J connectivity index is 1.87. The number of nitrogens with one attached hydrogen (secondary N) is 1. The molecule has 2 aromatic rings. The molecule has 122 valence electrons. The zero-order valence-corrected chi connectivity index (χ0v) is 13.6. The van der Waals surface area contributed by atoms with Crippen molar-refractivity contribution in [3.8, 4) is 11.5 Å². The van der Waals surface area contributed by atoms with Gasteiger partial charge >= 0.3 is 0 Å². The van der Waals surface area contributed by atoms with Gasteiger partial charge in [0.15, 0.2) is 18.1 Å². The monoisotopic (exact) mass is 313 g/mol. The summed E-state index contributed by atoms with van der Waals surface area (Å²) in [6.07, 6.45) is 0.920. The molecule has 2 rings (SSSR count). The Morgan fingerprint density at radius 1 is 1.00 bits per heavy atom. The molecule has 4 heteroatoms. The van der Waals surface area contributed by atoms with E-state index in [0.717, 1.165) is 12.0 Å². The average molecular weight is 313 g/mol. The van der Waals surface area contributed by atoms with Gasteiger partial charge in [-0.3, -0.25) is 4.79 Å². The lowest BCUT2D eigenvalue weighted by Gasteiger charge is -2.15. The van der Waals surface area contributed by atoms with Crippen LogP contribution < -0.4 is 14.8 Å². The van der Waals surface area contributed by atoms with Crippen molar-refractivity contribution in [2.45, 2.75) is 26.3 Å². The third kappa shape index (κ3) is 5.33. The second-order valence-electron chi connectivity index (χ2n) is 5.28. The molecular weight excluding hydrogens is 290 g/mol. The van der Waals surface area contributed by atoms with Gasteiger partial charge in [-0.25, -0.2) is 0 Å². The molecule has 0 bridgehead atoms. The minimum absolute atomic E-state index is 0.0380. The third-order valence-electron chi connectivity index (χ3n) is 3.35. The highest BCUT2D eigenvalue weighted by atomic mass is 16.5. The second-order valence-corrected chi connectivity index (χ2v) is 5.28. The second kappa shape index (κ2) is 8.83. The number of ether oxygens (including phenoxy) is 2. The number of para-hydroxylation sites is 2. The van der Waals surface area contributed by atoms with E-state index in [1.165, 1.54) is 0 Å². The Bertz CT molecular complexity index is 613. The molecule has 0 aliphatic carbocycles. The molecule has 0 aliphatic rings. The molecule has 0 radical (unpaired) electrons. The molecule has 0 aliphatic heterocycles. The highest BCUT2D eigenvalue weighted by Crippen LogP contribution is 2.26. The zero-order chi connectivity index (χ0) is 16.5. The molecule has 0 spiro atoms. The Morgan fingerprint density at radius 2 is 1.61 bits per heavy atom. The SMILES string of the molecule is CCCOc1ccccc1OCC(=O)N[C@@H](C)c1ccccc1. The Hall–Kier alpha value is -2.49. The third-order valence-corrected chi connectivity index (χ3v) is 3.35. The number of carbonyl (C=O) groups excluding carboxylic acids is 1. The van der Waals surface area contributed by atoms with Gasteiger partial charge in [0.2, 0.25) is 0 Å². The van der Waals surface area contributed by atoms with Gasteiger partial charge in [0.25, 0.3) is 5.91 Å². The number of hydrogen-bond acceptors (Lipinski definition) is 3. The van der Waals surface area contributed by atoms with E-state index in [0.29, 0.717) is 18.1 Å². The first kappa shape index (κ1) is 16.9. The quantitative estimate of drug-likeness (QED) is 0.808. The lowest BCUT2D eigenvalue weighted by Crippen LogP contribution is -2.31. The molecule has 1 amide bonds. The minimum Gasteiger partial charge on any atom is -0.490 e. The van der Waals surface area contributed by atoms with Crippen molar-refractivity contribution in [3.63, 3.8) is 0 Å². The fraction of sp³-hybridized carbons (Fsp3) is 0.316. The van der Waals surface area contributed by atoms with Crippen molar-refractivity contribution >= 4 is 5.91 Å². The lowest BCUT2D eigenvalue weighted by atomic mass is 10.1. The fourth-order valence-corrected chi connectivity index (χ4v) is 2.15. The van der Waals surface area contributed by atoms with Crippen LogP contribution in [0.3, 0.4) is 0 Å². The summed E-state index contributed by atoms with van der Waals surface area (Å²) in [5.41, 5.74) is 1.06. The summed E-state index contributed by atoms with van der Waals surface area (Å²) in [5, 5.41) is 2.92. The van der Waals surface area contributed by atoms with Gasteiger partial charge in [0.1, 0.15) is 0 Å². The smallest absolute Gasteiger partial charge is 0.258 e. The van der Waals surface area contributed by atoms with Crippen LogP contribution in [0.25, 0.3) is 0 Å². The molecule has 0 heterocycles. The van der Waals surface area contributed by atoms with E-state index in [2.05, 4.69) is 5.32 Å². The highest BCUT2D eigenvalue weighted by Gasteiger charge is 2.11. The van der Waals surface area contributed by atoms with Gasteiger partial charge < -0.3 is 14.8 Å². The molecule has 0 aromatic heterocycles. The standard InChI is InChI=1S/C19H23NO3/c1-3-13-22-17-11-7-8-12-18(17)23-14-19(21)20-15(2)16-9-5-4-6-10-16/h4-12,15H,3,13-14H2,1-2H3,(H,20,21)/t15-/m0/s1. The van der Waals surface area contributed by atoms with Crippen LogP contribution in [0.1, 0.15) is 31.9 Å². The average Bonchev–Trinajstić information content (AvgIpc) is 2.59. The molecule has 23 heavy (non-hydrogen) atoms. The molecule has 1 N–H and O–H groups in total. The number of carbonyl (C=O) groups is 1. The molecule has 1 atom stereocenters. The van der Waals surface area contributed by atoms with Crippen molar-refractivity contribution in [2.75, 3.05) is 13.2 Å². The lowest BCUT2D eigenvalue weighted by molar-refractivity contribution is -0.123. The fourth-order valence-electron chi connectivity index (χ4n) is 2.15. The van der Waals surface area contributed by atoms with Crippen LogP contribution in [-0.2, 0) is 4.79 Å². The highest BCUT2D eigenvalue weighted by molar-refractivity contribution is 5.78. The number of hydrogen-bond donors (Lipinski definition) is 1. The van der Waals surface area contributed by atoms with E-state index in [-0.39, 0.29) is 18.6 Å². The number of rotatable bonds is 8. The maximum atomic E-state index is 12.0. The molecule has 4 nitrogen and oxygen atoms in total. The molecule has 0 unspecified atom stereocenters. The van der Waals surface area contributed by atoms with Crippen molar-refractivity contribution in [3.05, 3.63) is 60.2 Å². The van der Waals surface area contributed by atoms with Crippen molar-refractivity contribution in [1.82, 2.24) is 5.32 Å². The van der Waals surface area contributed by atoms with Crippen LogP contribution in [0.15, 0.2) is 54.6 Å². The van der Waals surface area contributed by atoms with Gasteiger partial charge in [-0.05, 0) is 31.0 Å². The normalized spacial score (nSPS) is 11.6. The van der Waals surface area contributed by atoms with E-state index in [4.69, 9.17) is 9.47 Å². The largest absolute Gasteiger partial charge is 0.490 e. The number of amides is 1. The van der Waals surface area contributed by atoms with Gasteiger partial charge in [-0.15, -0.1) is 0 Å². The molecule has 0 saturated heterocycles. The Morgan fingerprint density at radius 3 is 2.26 bits per heavy atom. The van der Waals surface area contributed by atoms with E-state index in [1.54, 1.807) is 6.07 Å². The first-order chi connectivity index (χ1) is 11.2. The van der Waals surface area contributed by atoms with Gasteiger partial charge in [-0.2, -0.15) is 0 Å². The topological polar surface area (TPSA) is 47.6 Å². The van der Waals surface area contributed by atoms with E-state index in [1.807, 2.05) is 62.4 Å². The summed E-state index contributed by atoms with van der Waals surface area (Å²) in [6.45, 7) is 4.58. The maximum Gasteiger partial charge on any atom is 0.258 e. The molecule has 0 saturated carbocycles. The van der Waals surface area contributed by atoms with E-state index >= 15 is 0 Å². The van der Waals surface area contributed by atoms with E-state index in [9.17, 15) is 4.79 Å². The summed E-state index contributed by atoms with van der Waals surface area (Å²) < 4.78 is 11.2. The van der Waals surface area contributed by atoms with Crippen molar-refractivity contribution in [1.29, 1.82) is 0 Å². The van der Waals surface area contributed by atoms with Crippen LogP contribution in [0.4, 0.5) is 0 Å². The van der Waals surface area contributed by atoms with Crippen molar-refractivity contribution < 1.29 is 14.3 Å². The first-order valence-corrected chi connectivity index (χ1v) is 7.89. The molecule has 2 aromatic carbocycles. The van der Waals surface area contributed by atoms with Gasteiger partial charge in [-0.1, -0.05) is 49.4 Å². The molecular formula is C19H23NO3. The Labute approximate surface area is 137 Å². The maximum absolute atomic E-state index is 12.0. The zero-order valence-electron chi connectivity index (χ0n) is 13.6. The van der Waals surface area contributed by atoms with Crippen molar-refractivity contribution in [2.24, 2.45) is 0 Å². The van der Waals surface area contributed by atoms with Crippen LogP contribution in [-0.4, -0.2) is 19.1 Å². The first-order valence-electron chi connectivity index (χ1n) is 7.89. The summed E-state index contributed by atoms with van der Waals surface area (Å²) in [5.74, 6) is 1.09. The summed E-state index contributed by atoms with van der Waals surface area (Å²) in [4.78, 5) is 12.0. The van der Waals surface area contributed by atoms with Crippen LogP contribution in [0.2, 0.25) is 0 Å². The Kier molecular flexibility index (Phi) is 6.48. The van der Waals surface area contributed by atoms with Crippen LogP contribution >= 0.6 is 0 Å². The predicted molar refractivity (Wildman–Crippen MR) is 90.7 cm³/mol. The minimum atomic E-state index is -0.161. The molecule has 0 fully saturated rings. The summed E-state index contributed by atoms with van der Waals surface area (Å²) in [6, 6.07) is 17.2.